The Hall–Kier alpha value is -2.97. The molecule has 7 nitrogen and oxygen atoms in total. The zero-order chi connectivity index (χ0) is 26.9. The molecule has 3 aromatic rings. The highest BCUT2D eigenvalue weighted by Gasteiger charge is 2.24. The molecule has 2 aromatic carbocycles. The number of nitrogens with zero attached hydrogens (tertiary/aromatic N) is 4. The van der Waals surface area contributed by atoms with Gasteiger partial charge in [0.05, 0.1) is 15.9 Å². The van der Waals surface area contributed by atoms with Crippen LogP contribution in [0.3, 0.4) is 0 Å². The van der Waals surface area contributed by atoms with Crippen LogP contribution in [0, 0.1) is 5.82 Å². The lowest BCUT2D eigenvalue weighted by Crippen LogP contribution is -2.42. The standard InChI is InChI=1S/C28H35ClFN5O2/c1-17(2)31-26(36)16-35-27(20-7-9-24(30)23(29)13-20)32-25-10-8-21(14-22(25)28(35)37)33-11-6-12-34(18(3)4)19(5)15-33/h7-10,13-14,17-19H,6,11-12,15-16H2,1-5H3,(H,31,36)/t19-/m1/s1. The Kier molecular flexibility index (Phi) is 8.19. The van der Waals surface area contributed by atoms with Crippen LogP contribution in [0.5, 0.6) is 0 Å². The smallest absolute Gasteiger partial charge is 0.262 e. The van der Waals surface area contributed by atoms with Gasteiger partial charge in [0, 0.05) is 49.0 Å². The summed E-state index contributed by atoms with van der Waals surface area (Å²) in [6.07, 6.45) is 1.03. The molecule has 4 rings (SSSR count). The highest BCUT2D eigenvalue weighted by Crippen LogP contribution is 2.27. The quantitative estimate of drug-likeness (QED) is 0.503. The van der Waals surface area contributed by atoms with E-state index in [9.17, 15) is 14.0 Å². The van der Waals surface area contributed by atoms with Crippen molar-refractivity contribution in [2.75, 3.05) is 24.5 Å². The van der Waals surface area contributed by atoms with Gasteiger partial charge in [-0.15, -0.1) is 0 Å². The second kappa shape index (κ2) is 11.2. The first-order valence-electron chi connectivity index (χ1n) is 12.8. The van der Waals surface area contributed by atoms with E-state index >= 15 is 0 Å². The number of hydrogen-bond acceptors (Lipinski definition) is 5. The Balaban J connectivity index is 1.80. The molecule has 0 spiro atoms. The van der Waals surface area contributed by atoms with Crippen LogP contribution in [0.15, 0.2) is 41.2 Å². The molecule has 0 radical (unpaired) electrons. The van der Waals surface area contributed by atoms with E-state index in [-0.39, 0.29) is 34.9 Å². The summed E-state index contributed by atoms with van der Waals surface area (Å²) in [5.74, 6) is -0.606. The minimum Gasteiger partial charge on any atom is -0.370 e. The van der Waals surface area contributed by atoms with Gasteiger partial charge in [0.15, 0.2) is 0 Å². The van der Waals surface area contributed by atoms with E-state index in [2.05, 4.69) is 35.9 Å². The second-order valence-electron chi connectivity index (χ2n) is 10.4. The highest BCUT2D eigenvalue weighted by molar-refractivity contribution is 6.31. The van der Waals surface area contributed by atoms with Crippen molar-refractivity contribution < 1.29 is 9.18 Å². The lowest BCUT2D eigenvalue weighted by atomic mass is 10.1. The third-order valence-corrected chi connectivity index (χ3v) is 7.08. The fourth-order valence-electron chi connectivity index (χ4n) is 5.10. The molecule has 0 bridgehead atoms. The van der Waals surface area contributed by atoms with Gasteiger partial charge in [-0.25, -0.2) is 9.37 Å². The molecule has 1 saturated heterocycles. The molecular formula is C28H35ClFN5O2. The molecule has 1 aromatic heterocycles. The van der Waals surface area contributed by atoms with Crippen LogP contribution in [-0.2, 0) is 11.3 Å². The molecule has 1 aliphatic heterocycles. The molecule has 1 aliphatic rings. The largest absolute Gasteiger partial charge is 0.370 e. The number of rotatable bonds is 6. The minimum absolute atomic E-state index is 0.0777. The van der Waals surface area contributed by atoms with Gasteiger partial charge in [-0.1, -0.05) is 11.6 Å². The predicted molar refractivity (Wildman–Crippen MR) is 148 cm³/mol. The molecule has 37 heavy (non-hydrogen) atoms. The summed E-state index contributed by atoms with van der Waals surface area (Å²) in [5, 5.41) is 3.19. The maximum Gasteiger partial charge on any atom is 0.262 e. The van der Waals surface area contributed by atoms with E-state index in [0.717, 1.165) is 31.7 Å². The average molecular weight is 528 g/mol. The molecule has 1 atom stereocenters. The summed E-state index contributed by atoms with van der Waals surface area (Å²) in [6.45, 7) is 13.0. The van der Waals surface area contributed by atoms with Crippen molar-refractivity contribution in [1.29, 1.82) is 0 Å². The molecule has 1 fully saturated rings. The van der Waals surface area contributed by atoms with Gasteiger partial charge in [0.25, 0.3) is 5.56 Å². The number of benzene rings is 2. The molecule has 9 heteroatoms. The molecule has 198 valence electrons. The number of carbonyl (C=O) groups is 1. The number of halogens is 2. The van der Waals surface area contributed by atoms with Crippen molar-refractivity contribution in [2.24, 2.45) is 0 Å². The summed E-state index contributed by atoms with van der Waals surface area (Å²) in [4.78, 5) is 36.1. The average Bonchev–Trinajstić information content (AvgIpc) is 3.03. The van der Waals surface area contributed by atoms with Gasteiger partial charge in [-0.05, 0) is 77.4 Å². The number of anilines is 1. The van der Waals surface area contributed by atoms with Crippen LogP contribution in [0.25, 0.3) is 22.3 Å². The van der Waals surface area contributed by atoms with Gasteiger partial charge in [-0.3, -0.25) is 19.1 Å². The Morgan fingerprint density at radius 2 is 1.92 bits per heavy atom. The van der Waals surface area contributed by atoms with Gasteiger partial charge in [0.2, 0.25) is 5.91 Å². The molecule has 2 heterocycles. The number of aromatic nitrogens is 2. The first kappa shape index (κ1) is 27.1. The lowest BCUT2D eigenvalue weighted by molar-refractivity contribution is -0.122. The van der Waals surface area contributed by atoms with E-state index in [1.807, 2.05) is 32.0 Å². The summed E-state index contributed by atoms with van der Waals surface area (Å²) in [5.41, 5.74) is 1.60. The molecule has 0 unspecified atom stereocenters. The van der Waals surface area contributed by atoms with Crippen LogP contribution < -0.4 is 15.8 Å². The number of hydrogen-bond donors (Lipinski definition) is 1. The summed E-state index contributed by atoms with van der Waals surface area (Å²) < 4.78 is 15.2. The Labute approximate surface area is 222 Å². The number of amides is 1. The summed E-state index contributed by atoms with van der Waals surface area (Å²) in [7, 11) is 0. The minimum atomic E-state index is -0.565. The first-order valence-corrected chi connectivity index (χ1v) is 13.2. The Morgan fingerprint density at radius 1 is 1.16 bits per heavy atom. The SMILES string of the molecule is CC(C)NC(=O)Cn1c(-c2ccc(F)c(Cl)c2)nc2ccc(N3CCCN(C(C)C)[C@H](C)C3)cc2c1=O. The van der Waals surface area contributed by atoms with E-state index in [1.54, 1.807) is 0 Å². The molecular weight excluding hydrogens is 493 g/mol. The van der Waals surface area contributed by atoms with Gasteiger partial charge >= 0.3 is 0 Å². The Morgan fingerprint density at radius 3 is 2.59 bits per heavy atom. The van der Waals surface area contributed by atoms with Crippen LogP contribution >= 0.6 is 11.6 Å². The van der Waals surface area contributed by atoms with Crippen molar-refractivity contribution in [3.63, 3.8) is 0 Å². The zero-order valence-electron chi connectivity index (χ0n) is 22.1. The number of carbonyl (C=O) groups excluding carboxylic acids is 1. The van der Waals surface area contributed by atoms with Crippen molar-refractivity contribution in [3.8, 4) is 11.4 Å². The first-order chi connectivity index (χ1) is 17.5. The fourth-order valence-corrected chi connectivity index (χ4v) is 5.28. The van der Waals surface area contributed by atoms with Crippen LogP contribution in [0.1, 0.15) is 41.0 Å². The van der Waals surface area contributed by atoms with Crippen molar-refractivity contribution in [1.82, 2.24) is 19.8 Å². The monoisotopic (exact) mass is 527 g/mol. The van der Waals surface area contributed by atoms with Gasteiger partial charge in [0.1, 0.15) is 18.2 Å². The number of nitrogens with one attached hydrogen (secondary N) is 1. The van der Waals surface area contributed by atoms with Gasteiger partial charge < -0.3 is 10.2 Å². The van der Waals surface area contributed by atoms with Gasteiger partial charge in [-0.2, -0.15) is 0 Å². The predicted octanol–water partition coefficient (Wildman–Crippen LogP) is 4.69. The Bertz CT molecular complexity index is 1360. The lowest BCUT2D eigenvalue weighted by Gasteiger charge is -2.32. The maximum absolute atomic E-state index is 13.9. The second-order valence-corrected chi connectivity index (χ2v) is 10.8. The number of fused-ring (bicyclic) bond motifs is 1. The van der Waals surface area contributed by atoms with Crippen molar-refractivity contribution in [2.45, 2.75) is 65.7 Å². The van der Waals surface area contributed by atoms with E-state index in [4.69, 9.17) is 16.6 Å². The van der Waals surface area contributed by atoms with E-state index in [1.165, 1.54) is 22.8 Å². The molecule has 1 N–H and O–H groups in total. The van der Waals surface area contributed by atoms with E-state index < -0.39 is 5.82 Å². The normalized spacial score (nSPS) is 17.0. The molecule has 0 saturated carbocycles. The van der Waals surface area contributed by atoms with E-state index in [0.29, 0.717) is 28.6 Å². The zero-order valence-corrected chi connectivity index (χ0v) is 22.8. The molecule has 1 amide bonds. The van der Waals surface area contributed by atoms with Crippen molar-refractivity contribution in [3.05, 3.63) is 57.6 Å². The highest BCUT2D eigenvalue weighted by atomic mass is 35.5. The van der Waals surface area contributed by atoms with Crippen LogP contribution in [0.4, 0.5) is 10.1 Å². The molecule has 0 aliphatic carbocycles. The summed E-state index contributed by atoms with van der Waals surface area (Å²) in [6, 6.07) is 10.6. The van der Waals surface area contributed by atoms with Crippen LogP contribution in [0.2, 0.25) is 5.02 Å². The maximum atomic E-state index is 13.9. The summed E-state index contributed by atoms with van der Waals surface area (Å²) >= 11 is 6.03. The fraction of sp³-hybridized carbons (Fsp3) is 0.464. The topological polar surface area (TPSA) is 70.5 Å². The van der Waals surface area contributed by atoms with Crippen molar-refractivity contribution >= 4 is 34.1 Å². The van der Waals surface area contributed by atoms with Crippen LogP contribution in [-0.4, -0.2) is 58.1 Å². The third-order valence-electron chi connectivity index (χ3n) is 6.79. The third kappa shape index (κ3) is 5.96.